The summed E-state index contributed by atoms with van der Waals surface area (Å²) in [4.78, 5) is 11.3. The summed E-state index contributed by atoms with van der Waals surface area (Å²) in [6.07, 6.45) is 1.47. The second kappa shape index (κ2) is 7.14. The average Bonchev–Trinajstić information content (AvgIpc) is 2.17. The SMILES string of the molecule is CNC(C)(CC(C)SC(C)CCO)C(N)=O. The lowest BCUT2D eigenvalue weighted by Gasteiger charge is -2.29. The van der Waals surface area contributed by atoms with Gasteiger partial charge in [-0.05, 0) is 26.8 Å². The number of aliphatic hydroxyl groups excluding tert-OH is 1. The van der Waals surface area contributed by atoms with Crippen molar-refractivity contribution >= 4 is 17.7 Å². The first-order valence-corrected chi connectivity index (χ1v) is 6.55. The van der Waals surface area contributed by atoms with E-state index in [1.54, 1.807) is 18.8 Å². The number of carbonyl (C=O) groups excluding carboxylic acids is 1. The number of nitrogens with one attached hydrogen (secondary N) is 1. The molecular weight excluding hydrogens is 224 g/mol. The van der Waals surface area contributed by atoms with Gasteiger partial charge >= 0.3 is 0 Å². The molecule has 0 saturated carbocycles. The number of amides is 1. The van der Waals surface area contributed by atoms with Crippen LogP contribution in [0.2, 0.25) is 0 Å². The molecule has 0 bridgehead atoms. The quantitative estimate of drug-likeness (QED) is 0.592. The van der Waals surface area contributed by atoms with Crippen LogP contribution in [0, 0.1) is 0 Å². The fourth-order valence-electron chi connectivity index (χ4n) is 1.60. The number of rotatable bonds is 8. The number of hydrogen-bond donors (Lipinski definition) is 3. The van der Waals surface area contributed by atoms with E-state index in [1.165, 1.54) is 0 Å². The largest absolute Gasteiger partial charge is 0.396 e. The number of likely N-dealkylation sites (N-methyl/N-ethyl adjacent to an activating group) is 1. The first-order valence-electron chi connectivity index (χ1n) is 5.61. The van der Waals surface area contributed by atoms with E-state index < -0.39 is 5.54 Å². The summed E-state index contributed by atoms with van der Waals surface area (Å²) in [7, 11) is 1.75. The molecular formula is C11H24N2O2S. The van der Waals surface area contributed by atoms with E-state index in [-0.39, 0.29) is 12.5 Å². The highest BCUT2D eigenvalue weighted by atomic mass is 32.2. The van der Waals surface area contributed by atoms with Gasteiger partial charge in [-0.1, -0.05) is 13.8 Å². The Morgan fingerprint density at radius 2 is 2.06 bits per heavy atom. The Balaban J connectivity index is 4.21. The molecule has 0 radical (unpaired) electrons. The van der Waals surface area contributed by atoms with Gasteiger partial charge < -0.3 is 16.2 Å². The van der Waals surface area contributed by atoms with Crippen molar-refractivity contribution in [2.24, 2.45) is 5.73 Å². The minimum absolute atomic E-state index is 0.208. The van der Waals surface area contributed by atoms with Crippen LogP contribution in [0.25, 0.3) is 0 Å². The van der Waals surface area contributed by atoms with Crippen molar-refractivity contribution in [1.82, 2.24) is 5.32 Å². The number of nitrogens with two attached hydrogens (primary N) is 1. The predicted molar refractivity (Wildman–Crippen MR) is 69.5 cm³/mol. The van der Waals surface area contributed by atoms with Crippen LogP contribution >= 0.6 is 11.8 Å². The monoisotopic (exact) mass is 248 g/mol. The third kappa shape index (κ3) is 5.18. The summed E-state index contributed by atoms with van der Waals surface area (Å²) in [5.74, 6) is -0.322. The highest BCUT2D eigenvalue weighted by Crippen LogP contribution is 2.26. The van der Waals surface area contributed by atoms with Crippen molar-refractivity contribution in [2.75, 3.05) is 13.7 Å². The van der Waals surface area contributed by atoms with Crippen LogP contribution in [0.5, 0.6) is 0 Å². The minimum Gasteiger partial charge on any atom is -0.396 e. The first kappa shape index (κ1) is 15.7. The first-order chi connectivity index (χ1) is 7.35. The molecule has 96 valence electrons. The van der Waals surface area contributed by atoms with Crippen LogP contribution < -0.4 is 11.1 Å². The summed E-state index contributed by atoms with van der Waals surface area (Å²) < 4.78 is 0. The van der Waals surface area contributed by atoms with Gasteiger partial charge in [-0.25, -0.2) is 0 Å². The van der Waals surface area contributed by atoms with Crippen LogP contribution in [0.4, 0.5) is 0 Å². The molecule has 3 atom stereocenters. The lowest BCUT2D eigenvalue weighted by atomic mass is 9.95. The maximum absolute atomic E-state index is 11.3. The van der Waals surface area contributed by atoms with Crippen molar-refractivity contribution in [3.05, 3.63) is 0 Å². The number of hydrogen-bond acceptors (Lipinski definition) is 4. The fraction of sp³-hybridized carbons (Fsp3) is 0.909. The van der Waals surface area contributed by atoms with Crippen LogP contribution in [0.1, 0.15) is 33.6 Å². The van der Waals surface area contributed by atoms with Gasteiger partial charge in [0.05, 0.1) is 5.54 Å². The molecule has 5 heteroatoms. The molecule has 0 saturated heterocycles. The van der Waals surface area contributed by atoms with Crippen molar-refractivity contribution in [3.63, 3.8) is 0 Å². The third-order valence-electron chi connectivity index (χ3n) is 2.79. The van der Waals surface area contributed by atoms with Crippen molar-refractivity contribution in [1.29, 1.82) is 0 Å². The van der Waals surface area contributed by atoms with Crippen molar-refractivity contribution in [2.45, 2.75) is 49.7 Å². The zero-order valence-corrected chi connectivity index (χ0v) is 11.4. The van der Waals surface area contributed by atoms with Crippen LogP contribution in [-0.2, 0) is 4.79 Å². The second-order valence-corrected chi connectivity index (χ2v) is 6.30. The zero-order valence-electron chi connectivity index (χ0n) is 10.6. The van der Waals surface area contributed by atoms with Crippen molar-refractivity contribution in [3.8, 4) is 0 Å². The smallest absolute Gasteiger partial charge is 0.237 e. The summed E-state index contributed by atoms with van der Waals surface area (Å²) in [6, 6.07) is 0. The van der Waals surface area contributed by atoms with Gasteiger partial charge in [0.1, 0.15) is 0 Å². The molecule has 3 unspecified atom stereocenters. The van der Waals surface area contributed by atoms with E-state index in [2.05, 4.69) is 19.2 Å². The zero-order chi connectivity index (χ0) is 12.8. The van der Waals surface area contributed by atoms with Crippen LogP contribution in [0.15, 0.2) is 0 Å². The molecule has 0 rings (SSSR count). The van der Waals surface area contributed by atoms with Gasteiger partial charge in [-0.2, -0.15) is 11.8 Å². The standard InChI is InChI=1S/C11H24N2O2S/c1-8(5-6-14)16-9(2)7-11(3,13-4)10(12)15/h8-9,13-14H,5-7H2,1-4H3,(H2,12,15). The molecule has 0 aromatic carbocycles. The van der Waals surface area contributed by atoms with E-state index in [4.69, 9.17) is 10.8 Å². The molecule has 4 N–H and O–H groups in total. The molecule has 0 aromatic heterocycles. The minimum atomic E-state index is -0.647. The lowest BCUT2D eigenvalue weighted by molar-refractivity contribution is -0.123. The summed E-state index contributed by atoms with van der Waals surface area (Å²) >= 11 is 1.78. The molecule has 0 heterocycles. The Bertz CT molecular complexity index is 226. The molecule has 0 aliphatic rings. The highest BCUT2D eigenvalue weighted by Gasteiger charge is 2.31. The normalized spacial score (nSPS) is 18.8. The number of thioether (sulfide) groups is 1. The van der Waals surface area contributed by atoms with Gasteiger partial charge in [-0.15, -0.1) is 0 Å². The molecule has 0 spiro atoms. The molecule has 0 aliphatic carbocycles. The van der Waals surface area contributed by atoms with Crippen molar-refractivity contribution < 1.29 is 9.90 Å². The molecule has 1 amide bonds. The Labute approximate surface area is 102 Å². The molecule has 16 heavy (non-hydrogen) atoms. The van der Waals surface area contributed by atoms with E-state index in [9.17, 15) is 4.79 Å². The summed E-state index contributed by atoms with van der Waals surface area (Å²) in [5.41, 5.74) is 4.72. The predicted octanol–water partition coefficient (Wildman–Crippen LogP) is 0.733. The third-order valence-corrected chi connectivity index (χ3v) is 4.12. The summed E-state index contributed by atoms with van der Waals surface area (Å²) in [6.45, 7) is 6.19. The van der Waals surface area contributed by atoms with E-state index in [0.29, 0.717) is 16.9 Å². The maximum Gasteiger partial charge on any atom is 0.237 e. The molecule has 4 nitrogen and oxygen atoms in total. The fourth-order valence-corrected chi connectivity index (χ4v) is 3.06. The second-order valence-electron chi connectivity index (χ2n) is 4.42. The molecule has 0 aromatic rings. The number of primary amides is 1. The Morgan fingerprint density at radius 3 is 2.44 bits per heavy atom. The van der Waals surface area contributed by atoms with Crippen LogP contribution in [0.3, 0.4) is 0 Å². The topological polar surface area (TPSA) is 75.3 Å². The Kier molecular flexibility index (Phi) is 7.03. The van der Waals surface area contributed by atoms with Gasteiger partial charge in [0, 0.05) is 17.1 Å². The number of aliphatic hydroxyl groups is 1. The highest BCUT2D eigenvalue weighted by molar-refractivity contribution is 8.00. The van der Waals surface area contributed by atoms with Gasteiger partial charge in [0.2, 0.25) is 5.91 Å². The van der Waals surface area contributed by atoms with Crippen LogP contribution in [-0.4, -0.2) is 40.7 Å². The van der Waals surface area contributed by atoms with Gasteiger partial charge in [0.15, 0.2) is 0 Å². The van der Waals surface area contributed by atoms with Gasteiger partial charge in [0.25, 0.3) is 0 Å². The van der Waals surface area contributed by atoms with E-state index in [0.717, 1.165) is 6.42 Å². The molecule has 0 fully saturated rings. The Hall–Kier alpha value is -0.260. The average molecular weight is 248 g/mol. The number of carbonyl (C=O) groups is 1. The maximum atomic E-state index is 11.3. The van der Waals surface area contributed by atoms with Gasteiger partial charge in [-0.3, -0.25) is 4.79 Å². The Morgan fingerprint density at radius 1 is 1.50 bits per heavy atom. The van der Waals surface area contributed by atoms with E-state index >= 15 is 0 Å². The summed E-state index contributed by atoms with van der Waals surface area (Å²) in [5, 5.41) is 12.5. The molecule has 0 aliphatic heterocycles. The van der Waals surface area contributed by atoms with E-state index in [1.807, 2.05) is 6.92 Å². The lowest BCUT2D eigenvalue weighted by Crippen LogP contribution is -2.52.